The van der Waals surface area contributed by atoms with Crippen LogP contribution < -0.4 is 0 Å². The smallest absolute Gasteiger partial charge is 0.248 e. The van der Waals surface area contributed by atoms with E-state index in [4.69, 9.17) is 4.42 Å². The lowest BCUT2D eigenvalue weighted by Gasteiger charge is -2.07. The van der Waals surface area contributed by atoms with E-state index in [-0.39, 0.29) is 0 Å². The van der Waals surface area contributed by atoms with Crippen LogP contribution >= 0.6 is 0 Å². The standard InChI is InChI=1S/C36H22N6O/c1-3-15-29-25(11-1)33-27(13-5-17-31(33)41(29)23-9-7-19-37-21-23)35-39-40-36(43-35)28-14-6-18-32-34(28)26-12-2-4-16-30(26)42(32)24-10-8-20-38-22-24/h1-22H. The highest BCUT2D eigenvalue weighted by Crippen LogP contribution is 2.41. The van der Waals surface area contributed by atoms with Crippen molar-refractivity contribution < 1.29 is 4.42 Å². The number of rotatable bonds is 4. The Bertz CT molecular complexity index is 2280. The van der Waals surface area contributed by atoms with Gasteiger partial charge < -0.3 is 13.6 Å². The monoisotopic (exact) mass is 554 g/mol. The van der Waals surface area contributed by atoms with E-state index in [1.807, 2.05) is 36.7 Å². The zero-order chi connectivity index (χ0) is 28.3. The van der Waals surface area contributed by atoms with E-state index in [2.05, 4.69) is 114 Å². The summed E-state index contributed by atoms with van der Waals surface area (Å²) < 4.78 is 11.0. The van der Waals surface area contributed by atoms with E-state index in [1.54, 1.807) is 12.4 Å². The van der Waals surface area contributed by atoms with Crippen molar-refractivity contribution in [2.45, 2.75) is 0 Å². The van der Waals surface area contributed by atoms with Crippen molar-refractivity contribution >= 4 is 43.6 Å². The molecule has 5 aromatic heterocycles. The summed E-state index contributed by atoms with van der Waals surface area (Å²) in [6, 6.07) is 37.2. The van der Waals surface area contributed by atoms with Crippen molar-refractivity contribution in [3.8, 4) is 34.3 Å². The number of para-hydroxylation sites is 2. The first-order valence-electron chi connectivity index (χ1n) is 14.1. The van der Waals surface area contributed by atoms with Gasteiger partial charge in [-0.1, -0.05) is 48.5 Å². The van der Waals surface area contributed by atoms with Crippen LogP contribution in [0.5, 0.6) is 0 Å². The van der Waals surface area contributed by atoms with Gasteiger partial charge in [-0.3, -0.25) is 9.97 Å². The van der Waals surface area contributed by atoms with Crippen molar-refractivity contribution in [1.29, 1.82) is 0 Å². The molecule has 0 aliphatic heterocycles. The van der Waals surface area contributed by atoms with E-state index >= 15 is 0 Å². The van der Waals surface area contributed by atoms with Gasteiger partial charge in [0.25, 0.3) is 0 Å². The minimum Gasteiger partial charge on any atom is -0.416 e. The van der Waals surface area contributed by atoms with Crippen molar-refractivity contribution in [1.82, 2.24) is 29.3 Å². The number of aromatic nitrogens is 6. The Labute approximate surface area is 245 Å². The van der Waals surface area contributed by atoms with Gasteiger partial charge in [-0.15, -0.1) is 10.2 Å². The fourth-order valence-electron chi connectivity index (χ4n) is 6.36. The van der Waals surface area contributed by atoms with Crippen molar-refractivity contribution in [3.05, 3.63) is 134 Å². The third-order valence-corrected chi connectivity index (χ3v) is 8.09. The fraction of sp³-hybridized carbons (Fsp3) is 0. The Morgan fingerprint density at radius 1 is 0.442 bits per heavy atom. The minimum atomic E-state index is 0.475. The number of pyridine rings is 2. The third-order valence-electron chi connectivity index (χ3n) is 8.09. The predicted octanol–water partition coefficient (Wildman–Crippen LogP) is 8.39. The summed E-state index contributed by atoms with van der Waals surface area (Å²) >= 11 is 0. The van der Waals surface area contributed by atoms with Crippen LogP contribution in [0.4, 0.5) is 0 Å². The lowest BCUT2D eigenvalue weighted by molar-refractivity contribution is 0.586. The van der Waals surface area contributed by atoms with Crippen molar-refractivity contribution in [3.63, 3.8) is 0 Å². The Balaban J connectivity index is 1.27. The van der Waals surface area contributed by atoms with Crippen LogP contribution in [0, 0.1) is 0 Å². The first-order valence-corrected chi connectivity index (χ1v) is 14.1. The van der Waals surface area contributed by atoms with E-state index in [1.165, 1.54) is 0 Å². The molecule has 9 aromatic rings. The zero-order valence-electron chi connectivity index (χ0n) is 22.8. The van der Waals surface area contributed by atoms with Gasteiger partial charge in [-0.05, 0) is 60.7 Å². The average molecular weight is 555 g/mol. The Morgan fingerprint density at radius 2 is 0.907 bits per heavy atom. The highest BCUT2D eigenvalue weighted by molar-refractivity contribution is 6.16. The number of benzene rings is 4. The molecule has 0 saturated carbocycles. The molecule has 4 aromatic carbocycles. The van der Waals surface area contributed by atoms with Gasteiger partial charge in [-0.2, -0.15) is 0 Å². The summed E-state index contributed by atoms with van der Waals surface area (Å²) in [6.45, 7) is 0. The highest BCUT2D eigenvalue weighted by Gasteiger charge is 2.22. The number of nitrogens with zero attached hydrogens (tertiary/aromatic N) is 6. The van der Waals surface area contributed by atoms with E-state index in [0.29, 0.717) is 11.8 Å². The molecule has 5 heterocycles. The molecule has 0 unspecified atom stereocenters. The fourth-order valence-corrected chi connectivity index (χ4v) is 6.36. The first kappa shape index (κ1) is 23.6. The normalized spacial score (nSPS) is 11.7. The zero-order valence-corrected chi connectivity index (χ0v) is 22.8. The molecule has 0 radical (unpaired) electrons. The molecule has 43 heavy (non-hydrogen) atoms. The second-order valence-electron chi connectivity index (χ2n) is 10.4. The number of hydrogen-bond acceptors (Lipinski definition) is 5. The molecule has 0 atom stereocenters. The molecular weight excluding hydrogens is 532 g/mol. The molecule has 9 rings (SSSR count). The molecule has 0 aliphatic carbocycles. The van der Waals surface area contributed by atoms with Crippen molar-refractivity contribution in [2.75, 3.05) is 0 Å². The lowest BCUT2D eigenvalue weighted by Crippen LogP contribution is -1.94. The maximum atomic E-state index is 6.53. The van der Waals surface area contributed by atoms with Gasteiger partial charge in [0, 0.05) is 45.1 Å². The van der Waals surface area contributed by atoms with Gasteiger partial charge in [0.1, 0.15) is 0 Å². The third kappa shape index (κ3) is 3.48. The van der Waals surface area contributed by atoms with Crippen molar-refractivity contribution in [2.24, 2.45) is 0 Å². The predicted molar refractivity (Wildman–Crippen MR) is 169 cm³/mol. The second-order valence-corrected chi connectivity index (χ2v) is 10.4. The molecular formula is C36H22N6O. The lowest BCUT2D eigenvalue weighted by atomic mass is 10.1. The molecule has 0 spiro atoms. The topological polar surface area (TPSA) is 74.6 Å². The van der Waals surface area contributed by atoms with Gasteiger partial charge >= 0.3 is 0 Å². The van der Waals surface area contributed by atoms with Crippen LogP contribution in [-0.4, -0.2) is 29.3 Å². The summed E-state index contributed by atoms with van der Waals surface area (Å²) in [5.74, 6) is 0.949. The quantitative estimate of drug-likeness (QED) is 0.218. The molecule has 0 N–H and O–H groups in total. The molecule has 0 aliphatic rings. The van der Waals surface area contributed by atoms with E-state index in [0.717, 1.165) is 66.1 Å². The number of fused-ring (bicyclic) bond motifs is 6. The van der Waals surface area contributed by atoms with Crippen LogP contribution in [0.1, 0.15) is 0 Å². The SMILES string of the molecule is c1cncc(-n2c3ccccc3c3c(-c4nnc(-c5cccc6c5c5ccccc5n6-c5cccnc5)o4)cccc32)c1. The highest BCUT2D eigenvalue weighted by atomic mass is 16.4. The Kier molecular flexibility index (Phi) is 5.06. The van der Waals surface area contributed by atoms with E-state index < -0.39 is 0 Å². The Morgan fingerprint density at radius 3 is 1.37 bits per heavy atom. The molecule has 202 valence electrons. The minimum absolute atomic E-state index is 0.475. The van der Waals surface area contributed by atoms with Crippen LogP contribution in [0.2, 0.25) is 0 Å². The summed E-state index contributed by atoms with van der Waals surface area (Å²) in [4.78, 5) is 8.74. The molecule has 0 fully saturated rings. The first-order chi connectivity index (χ1) is 21.4. The largest absolute Gasteiger partial charge is 0.416 e. The molecule has 0 saturated heterocycles. The van der Waals surface area contributed by atoms with Crippen LogP contribution in [0.3, 0.4) is 0 Å². The summed E-state index contributed by atoms with van der Waals surface area (Å²) in [6.07, 6.45) is 7.34. The van der Waals surface area contributed by atoms with Gasteiger partial charge in [-0.25, -0.2) is 0 Å². The molecule has 7 nitrogen and oxygen atoms in total. The summed E-state index contributed by atoms with van der Waals surface area (Å²) in [7, 11) is 0. The summed E-state index contributed by atoms with van der Waals surface area (Å²) in [5, 5.41) is 13.5. The maximum Gasteiger partial charge on any atom is 0.248 e. The molecule has 0 amide bonds. The number of hydrogen-bond donors (Lipinski definition) is 0. The van der Waals surface area contributed by atoms with Crippen LogP contribution in [0.25, 0.3) is 77.9 Å². The Hall–Kier alpha value is -6.08. The van der Waals surface area contributed by atoms with Gasteiger partial charge in [0.2, 0.25) is 11.8 Å². The second kappa shape index (κ2) is 9.22. The summed E-state index contributed by atoms with van der Waals surface area (Å²) in [5.41, 5.74) is 8.04. The average Bonchev–Trinajstić information content (AvgIpc) is 3.78. The molecule has 0 bridgehead atoms. The molecule has 7 heteroatoms. The van der Waals surface area contributed by atoms with Gasteiger partial charge in [0.05, 0.1) is 45.8 Å². The maximum absolute atomic E-state index is 6.53. The van der Waals surface area contributed by atoms with Crippen LogP contribution in [0.15, 0.2) is 138 Å². The van der Waals surface area contributed by atoms with Gasteiger partial charge in [0.15, 0.2) is 0 Å². The van der Waals surface area contributed by atoms with Crippen LogP contribution in [-0.2, 0) is 0 Å². The van der Waals surface area contributed by atoms with E-state index in [9.17, 15) is 0 Å².